The van der Waals surface area contributed by atoms with E-state index in [0.717, 1.165) is 18.1 Å². The lowest BCUT2D eigenvalue weighted by Gasteiger charge is -2.19. The van der Waals surface area contributed by atoms with E-state index in [4.69, 9.17) is 4.42 Å². The number of anilines is 1. The normalized spacial score (nSPS) is 12.7. The van der Waals surface area contributed by atoms with Crippen LogP contribution in [0.25, 0.3) is 0 Å². The number of benzene rings is 1. The number of rotatable bonds is 5. The van der Waals surface area contributed by atoms with Gasteiger partial charge in [0.05, 0.1) is 6.04 Å². The first-order chi connectivity index (χ1) is 9.47. The quantitative estimate of drug-likeness (QED) is 0.887. The van der Waals surface area contributed by atoms with E-state index in [2.05, 4.69) is 61.6 Å². The van der Waals surface area contributed by atoms with Gasteiger partial charge in [0.15, 0.2) is 0 Å². The number of nitrogens with one attached hydrogen (secondary N) is 1. The first-order valence-corrected chi connectivity index (χ1v) is 7.03. The number of nitrogens with zero attached hydrogens (tertiary/aromatic N) is 1. The first-order valence-electron chi connectivity index (χ1n) is 7.03. The summed E-state index contributed by atoms with van der Waals surface area (Å²) < 4.78 is 5.62. The zero-order valence-electron chi connectivity index (χ0n) is 13.0. The average Bonchev–Trinajstić information content (AvgIpc) is 2.70. The van der Waals surface area contributed by atoms with E-state index in [-0.39, 0.29) is 6.04 Å². The molecule has 3 nitrogen and oxygen atoms in total. The number of para-hydroxylation sites is 1. The standard InChI is InChI=1S/C17H24N2O/c1-12-10-16(14(3)20-12)13(2)18-17-9-7-6-8-15(17)11-19(4)5/h6-10,13,18H,11H2,1-5H3. The number of hydrogen-bond acceptors (Lipinski definition) is 3. The fraction of sp³-hybridized carbons (Fsp3) is 0.412. The largest absolute Gasteiger partial charge is 0.466 e. The van der Waals surface area contributed by atoms with E-state index in [9.17, 15) is 0 Å². The van der Waals surface area contributed by atoms with Crippen LogP contribution in [0, 0.1) is 13.8 Å². The molecule has 0 aliphatic carbocycles. The Morgan fingerprint density at radius 2 is 1.90 bits per heavy atom. The van der Waals surface area contributed by atoms with Gasteiger partial charge in [-0.2, -0.15) is 0 Å². The van der Waals surface area contributed by atoms with E-state index in [1.165, 1.54) is 16.8 Å². The van der Waals surface area contributed by atoms with Crippen LogP contribution in [0.2, 0.25) is 0 Å². The van der Waals surface area contributed by atoms with Crippen LogP contribution in [-0.2, 0) is 6.54 Å². The van der Waals surface area contributed by atoms with Gasteiger partial charge < -0.3 is 14.6 Å². The maximum absolute atomic E-state index is 5.62. The maximum Gasteiger partial charge on any atom is 0.106 e. The van der Waals surface area contributed by atoms with Crippen molar-refractivity contribution in [2.24, 2.45) is 0 Å². The van der Waals surface area contributed by atoms with Crippen molar-refractivity contribution in [3.8, 4) is 0 Å². The van der Waals surface area contributed by atoms with Gasteiger partial charge in [0.2, 0.25) is 0 Å². The van der Waals surface area contributed by atoms with Gasteiger partial charge >= 0.3 is 0 Å². The highest BCUT2D eigenvalue weighted by Crippen LogP contribution is 2.26. The topological polar surface area (TPSA) is 28.4 Å². The summed E-state index contributed by atoms with van der Waals surface area (Å²) in [6, 6.07) is 10.8. The fourth-order valence-corrected chi connectivity index (χ4v) is 2.53. The molecule has 0 aliphatic heterocycles. The number of hydrogen-bond donors (Lipinski definition) is 1. The third-order valence-corrected chi connectivity index (χ3v) is 3.42. The highest BCUT2D eigenvalue weighted by atomic mass is 16.3. The molecule has 20 heavy (non-hydrogen) atoms. The molecule has 0 bridgehead atoms. The van der Waals surface area contributed by atoms with Crippen LogP contribution < -0.4 is 5.32 Å². The fourth-order valence-electron chi connectivity index (χ4n) is 2.53. The Balaban J connectivity index is 2.19. The smallest absolute Gasteiger partial charge is 0.106 e. The van der Waals surface area contributed by atoms with Crippen molar-refractivity contribution in [1.29, 1.82) is 0 Å². The number of furan rings is 1. The lowest BCUT2D eigenvalue weighted by Crippen LogP contribution is -2.14. The van der Waals surface area contributed by atoms with Gasteiger partial charge in [0.25, 0.3) is 0 Å². The predicted octanol–water partition coefficient (Wildman–Crippen LogP) is 4.13. The summed E-state index contributed by atoms with van der Waals surface area (Å²) in [6.07, 6.45) is 0. The van der Waals surface area contributed by atoms with Crippen molar-refractivity contribution >= 4 is 5.69 Å². The summed E-state index contributed by atoms with van der Waals surface area (Å²) >= 11 is 0. The summed E-state index contributed by atoms with van der Waals surface area (Å²) in [6.45, 7) is 7.11. The van der Waals surface area contributed by atoms with E-state index >= 15 is 0 Å². The molecule has 1 heterocycles. The molecule has 2 aromatic rings. The summed E-state index contributed by atoms with van der Waals surface area (Å²) in [5.74, 6) is 1.96. The second kappa shape index (κ2) is 6.14. The third kappa shape index (κ3) is 3.42. The Kier molecular flexibility index (Phi) is 4.50. The van der Waals surface area contributed by atoms with Crippen molar-refractivity contribution in [2.45, 2.75) is 33.4 Å². The van der Waals surface area contributed by atoms with Crippen LogP contribution in [0.5, 0.6) is 0 Å². The monoisotopic (exact) mass is 272 g/mol. The Hall–Kier alpha value is -1.74. The molecule has 1 aromatic carbocycles. The van der Waals surface area contributed by atoms with Crippen LogP contribution in [0.3, 0.4) is 0 Å². The molecule has 108 valence electrons. The second-order valence-corrected chi connectivity index (χ2v) is 5.63. The van der Waals surface area contributed by atoms with Crippen molar-refractivity contribution in [2.75, 3.05) is 19.4 Å². The molecular weight excluding hydrogens is 248 g/mol. The van der Waals surface area contributed by atoms with Gasteiger partial charge in [-0.15, -0.1) is 0 Å². The lowest BCUT2D eigenvalue weighted by atomic mass is 10.1. The average molecular weight is 272 g/mol. The minimum Gasteiger partial charge on any atom is -0.466 e. The third-order valence-electron chi connectivity index (χ3n) is 3.42. The Labute approximate surface area is 121 Å². The Bertz CT molecular complexity index is 572. The molecule has 2 rings (SSSR count). The lowest BCUT2D eigenvalue weighted by molar-refractivity contribution is 0.403. The molecule has 1 atom stereocenters. The van der Waals surface area contributed by atoms with Crippen molar-refractivity contribution in [1.82, 2.24) is 4.90 Å². The molecule has 0 radical (unpaired) electrons. The Morgan fingerprint density at radius 1 is 1.20 bits per heavy atom. The van der Waals surface area contributed by atoms with Gasteiger partial charge in [0, 0.05) is 17.8 Å². The van der Waals surface area contributed by atoms with Crippen molar-refractivity contribution in [3.63, 3.8) is 0 Å². The zero-order chi connectivity index (χ0) is 14.7. The molecule has 1 N–H and O–H groups in total. The van der Waals surface area contributed by atoms with Gasteiger partial charge in [-0.3, -0.25) is 0 Å². The van der Waals surface area contributed by atoms with Crippen LogP contribution in [0.1, 0.15) is 35.6 Å². The molecule has 1 aromatic heterocycles. The SMILES string of the molecule is Cc1cc(C(C)Nc2ccccc2CN(C)C)c(C)o1. The molecule has 0 amide bonds. The number of aryl methyl sites for hydroxylation is 2. The van der Waals surface area contributed by atoms with E-state index in [0.29, 0.717) is 0 Å². The summed E-state index contributed by atoms with van der Waals surface area (Å²) in [5.41, 5.74) is 3.72. The van der Waals surface area contributed by atoms with Gasteiger partial charge in [-0.25, -0.2) is 0 Å². The highest BCUT2D eigenvalue weighted by Gasteiger charge is 2.14. The van der Waals surface area contributed by atoms with Crippen LogP contribution in [0.15, 0.2) is 34.7 Å². The molecule has 3 heteroatoms. The molecule has 0 saturated carbocycles. The van der Waals surface area contributed by atoms with E-state index in [1.54, 1.807) is 0 Å². The van der Waals surface area contributed by atoms with Crippen molar-refractivity contribution in [3.05, 3.63) is 53.0 Å². The molecule has 1 unspecified atom stereocenters. The first kappa shape index (κ1) is 14.7. The summed E-state index contributed by atoms with van der Waals surface area (Å²) in [5, 5.41) is 3.60. The summed E-state index contributed by atoms with van der Waals surface area (Å²) in [4.78, 5) is 2.18. The van der Waals surface area contributed by atoms with Crippen LogP contribution in [-0.4, -0.2) is 19.0 Å². The maximum atomic E-state index is 5.62. The second-order valence-electron chi connectivity index (χ2n) is 5.63. The molecule has 0 fully saturated rings. The molecule has 0 aliphatic rings. The zero-order valence-corrected chi connectivity index (χ0v) is 13.0. The minimum absolute atomic E-state index is 0.232. The van der Waals surface area contributed by atoms with Gasteiger partial charge in [-0.1, -0.05) is 18.2 Å². The van der Waals surface area contributed by atoms with E-state index < -0.39 is 0 Å². The van der Waals surface area contributed by atoms with Gasteiger partial charge in [0.1, 0.15) is 11.5 Å². The minimum atomic E-state index is 0.232. The highest BCUT2D eigenvalue weighted by molar-refractivity contribution is 5.52. The molecule has 0 spiro atoms. The molecular formula is C17H24N2O. The predicted molar refractivity (Wildman–Crippen MR) is 84.1 cm³/mol. The van der Waals surface area contributed by atoms with Gasteiger partial charge in [-0.05, 0) is 52.6 Å². The van der Waals surface area contributed by atoms with Crippen LogP contribution >= 0.6 is 0 Å². The molecule has 0 saturated heterocycles. The Morgan fingerprint density at radius 3 is 2.50 bits per heavy atom. The van der Waals surface area contributed by atoms with E-state index in [1.807, 2.05) is 13.8 Å². The van der Waals surface area contributed by atoms with Crippen LogP contribution in [0.4, 0.5) is 5.69 Å². The van der Waals surface area contributed by atoms with Crippen molar-refractivity contribution < 1.29 is 4.42 Å². The summed E-state index contributed by atoms with van der Waals surface area (Å²) in [7, 11) is 4.17.